The van der Waals surface area contributed by atoms with E-state index in [9.17, 15) is 8.42 Å². The molecule has 0 saturated heterocycles. The van der Waals surface area contributed by atoms with Crippen molar-refractivity contribution in [3.05, 3.63) is 36.5 Å². The molecule has 2 heterocycles. The summed E-state index contributed by atoms with van der Waals surface area (Å²) in [5.74, 6) is 1.13. The zero-order chi connectivity index (χ0) is 19.0. The van der Waals surface area contributed by atoms with Crippen LogP contribution in [-0.4, -0.2) is 30.3 Å². The fraction of sp³-hybridized carbons (Fsp3) is 0.333. The SMILES string of the molecule is COc1nccc2c1c(Nc1ccc(S(N)(=O)=O)cc1)nn2C1CCCC1. The Kier molecular flexibility index (Phi) is 4.48. The van der Waals surface area contributed by atoms with Crippen molar-refractivity contribution < 1.29 is 13.2 Å². The number of benzene rings is 1. The second kappa shape index (κ2) is 6.82. The van der Waals surface area contributed by atoms with Crippen LogP contribution in [0.1, 0.15) is 31.7 Å². The number of rotatable bonds is 5. The largest absolute Gasteiger partial charge is 0.480 e. The molecule has 4 rings (SSSR count). The van der Waals surface area contributed by atoms with E-state index in [0.29, 0.717) is 23.4 Å². The molecule has 0 unspecified atom stereocenters. The van der Waals surface area contributed by atoms with Crippen LogP contribution in [0.4, 0.5) is 11.5 Å². The molecule has 3 aromatic rings. The van der Waals surface area contributed by atoms with E-state index in [4.69, 9.17) is 15.0 Å². The number of sulfonamides is 1. The van der Waals surface area contributed by atoms with Crippen LogP contribution in [0.25, 0.3) is 10.9 Å². The lowest BCUT2D eigenvalue weighted by Crippen LogP contribution is -2.11. The molecule has 1 fully saturated rings. The van der Waals surface area contributed by atoms with Crippen molar-refractivity contribution in [3.63, 3.8) is 0 Å². The van der Waals surface area contributed by atoms with E-state index in [2.05, 4.69) is 10.3 Å². The van der Waals surface area contributed by atoms with Crippen LogP contribution < -0.4 is 15.2 Å². The standard InChI is InChI=1S/C18H21N5O3S/c1-26-18-16-15(10-11-20-18)23(13-4-2-3-5-13)22-17(16)21-12-6-8-14(9-7-12)27(19,24)25/h6-11,13H,2-5H2,1H3,(H,21,22)(H2,19,24,25). The van der Waals surface area contributed by atoms with Gasteiger partial charge in [0.25, 0.3) is 0 Å². The molecule has 142 valence electrons. The number of anilines is 2. The minimum atomic E-state index is -3.72. The molecule has 2 aromatic heterocycles. The molecule has 0 aliphatic heterocycles. The van der Waals surface area contributed by atoms with Gasteiger partial charge in [0.05, 0.1) is 23.6 Å². The van der Waals surface area contributed by atoms with Crippen molar-refractivity contribution in [1.29, 1.82) is 0 Å². The highest BCUT2D eigenvalue weighted by Gasteiger charge is 2.24. The highest BCUT2D eigenvalue weighted by molar-refractivity contribution is 7.89. The Labute approximate surface area is 157 Å². The zero-order valence-electron chi connectivity index (χ0n) is 14.9. The van der Waals surface area contributed by atoms with E-state index in [1.807, 2.05) is 10.7 Å². The number of hydrogen-bond acceptors (Lipinski definition) is 6. The molecule has 0 radical (unpaired) electrons. The predicted molar refractivity (Wildman–Crippen MR) is 103 cm³/mol. The number of nitrogens with zero attached hydrogens (tertiary/aromatic N) is 3. The Morgan fingerprint density at radius 2 is 1.89 bits per heavy atom. The third kappa shape index (κ3) is 3.35. The first-order valence-electron chi connectivity index (χ1n) is 8.78. The Hall–Kier alpha value is -2.65. The van der Waals surface area contributed by atoms with E-state index in [1.165, 1.54) is 25.0 Å². The first-order chi connectivity index (χ1) is 13.0. The predicted octanol–water partition coefficient (Wildman–Crippen LogP) is 2.95. The van der Waals surface area contributed by atoms with Crippen LogP contribution in [0.3, 0.4) is 0 Å². The number of aromatic nitrogens is 3. The van der Waals surface area contributed by atoms with Crippen molar-refractivity contribution in [2.45, 2.75) is 36.6 Å². The lowest BCUT2D eigenvalue weighted by Gasteiger charge is -2.11. The van der Waals surface area contributed by atoms with E-state index >= 15 is 0 Å². The van der Waals surface area contributed by atoms with Crippen molar-refractivity contribution in [3.8, 4) is 5.88 Å². The number of pyridine rings is 1. The maximum Gasteiger partial charge on any atom is 0.238 e. The summed E-state index contributed by atoms with van der Waals surface area (Å²) in [5, 5.41) is 14.0. The average molecular weight is 387 g/mol. The highest BCUT2D eigenvalue weighted by atomic mass is 32.2. The van der Waals surface area contributed by atoms with Gasteiger partial charge in [0, 0.05) is 11.9 Å². The molecule has 9 heteroatoms. The molecule has 27 heavy (non-hydrogen) atoms. The van der Waals surface area contributed by atoms with Gasteiger partial charge in [-0.1, -0.05) is 12.8 Å². The monoisotopic (exact) mass is 387 g/mol. The van der Waals surface area contributed by atoms with Gasteiger partial charge in [0.2, 0.25) is 15.9 Å². The lowest BCUT2D eigenvalue weighted by molar-refractivity contribution is 0.403. The van der Waals surface area contributed by atoms with Crippen molar-refractivity contribution in [2.75, 3.05) is 12.4 Å². The quantitative estimate of drug-likeness (QED) is 0.696. The molecule has 0 atom stereocenters. The summed E-state index contributed by atoms with van der Waals surface area (Å²) in [6, 6.07) is 8.54. The molecule has 1 saturated carbocycles. The molecule has 8 nitrogen and oxygen atoms in total. The van der Waals surface area contributed by atoms with Gasteiger partial charge in [-0.2, -0.15) is 5.10 Å². The fourth-order valence-electron chi connectivity index (χ4n) is 3.59. The number of hydrogen-bond donors (Lipinski definition) is 2. The number of methoxy groups -OCH3 is 1. The number of nitrogens with two attached hydrogens (primary N) is 1. The Morgan fingerprint density at radius 3 is 2.52 bits per heavy atom. The van der Waals surface area contributed by atoms with Gasteiger partial charge >= 0.3 is 0 Å². The Morgan fingerprint density at radius 1 is 1.19 bits per heavy atom. The Balaban J connectivity index is 1.76. The Bertz CT molecular complexity index is 1070. The van der Waals surface area contributed by atoms with E-state index < -0.39 is 10.0 Å². The highest BCUT2D eigenvalue weighted by Crippen LogP contribution is 2.37. The van der Waals surface area contributed by atoms with E-state index in [-0.39, 0.29) is 4.90 Å². The van der Waals surface area contributed by atoms with Gasteiger partial charge in [-0.05, 0) is 43.2 Å². The van der Waals surface area contributed by atoms with Crippen molar-refractivity contribution in [2.24, 2.45) is 5.14 Å². The summed E-state index contributed by atoms with van der Waals surface area (Å²) in [5.41, 5.74) is 1.67. The van der Waals surface area contributed by atoms with Crippen molar-refractivity contribution in [1.82, 2.24) is 14.8 Å². The second-order valence-corrected chi connectivity index (χ2v) is 8.20. The molecular weight excluding hydrogens is 366 g/mol. The van der Waals surface area contributed by atoms with Crippen molar-refractivity contribution >= 4 is 32.4 Å². The summed E-state index contributed by atoms with van der Waals surface area (Å²) < 4.78 is 30.4. The lowest BCUT2D eigenvalue weighted by atomic mass is 10.2. The van der Waals surface area contributed by atoms with Gasteiger partial charge in [0.1, 0.15) is 5.39 Å². The number of fused-ring (bicyclic) bond motifs is 1. The molecule has 1 aromatic carbocycles. The minimum Gasteiger partial charge on any atom is -0.480 e. The summed E-state index contributed by atoms with van der Waals surface area (Å²) in [6.45, 7) is 0. The van der Waals surface area contributed by atoms with Crippen LogP contribution in [-0.2, 0) is 10.0 Å². The van der Waals surface area contributed by atoms with Crippen LogP contribution >= 0.6 is 0 Å². The molecule has 1 aliphatic carbocycles. The molecule has 0 bridgehead atoms. The minimum absolute atomic E-state index is 0.0636. The maximum absolute atomic E-state index is 11.4. The topological polar surface area (TPSA) is 112 Å². The smallest absolute Gasteiger partial charge is 0.238 e. The van der Waals surface area contributed by atoms with Gasteiger partial charge in [-0.15, -0.1) is 0 Å². The number of primary sulfonamides is 1. The molecular formula is C18H21N5O3S. The molecule has 0 spiro atoms. The average Bonchev–Trinajstić information content (AvgIpc) is 3.29. The molecule has 1 aliphatic rings. The van der Waals surface area contributed by atoms with Crippen LogP contribution in [0.15, 0.2) is 41.4 Å². The number of nitrogens with one attached hydrogen (secondary N) is 1. The van der Waals surface area contributed by atoms with Gasteiger partial charge in [-0.3, -0.25) is 4.68 Å². The molecule has 0 amide bonds. The zero-order valence-corrected chi connectivity index (χ0v) is 15.7. The summed E-state index contributed by atoms with van der Waals surface area (Å²) in [4.78, 5) is 4.37. The van der Waals surface area contributed by atoms with E-state index in [1.54, 1.807) is 25.4 Å². The first-order valence-corrected chi connectivity index (χ1v) is 10.3. The third-order valence-corrected chi connectivity index (χ3v) is 5.82. The normalized spacial score (nSPS) is 15.3. The maximum atomic E-state index is 11.4. The molecule has 3 N–H and O–H groups in total. The van der Waals surface area contributed by atoms with Gasteiger partial charge in [-0.25, -0.2) is 18.5 Å². The van der Waals surface area contributed by atoms with Gasteiger partial charge < -0.3 is 10.1 Å². The fourth-order valence-corrected chi connectivity index (χ4v) is 4.11. The number of ether oxygens (including phenoxy) is 1. The summed E-state index contributed by atoms with van der Waals surface area (Å²) >= 11 is 0. The third-order valence-electron chi connectivity index (χ3n) is 4.90. The van der Waals surface area contributed by atoms with Gasteiger partial charge in [0.15, 0.2) is 5.82 Å². The summed E-state index contributed by atoms with van der Waals surface area (Å²) in [6.07, 6.45) is 6.32. The van der Waals surface area contributed by atoms with Crippen LogP contribution in [0, 0.1) is 0 Å². The second-order valence-electron chi connectivity index (χ2n) is 6.64. The van der Waals surface area contributed by atoms with E-state index in [0.717, 1.165) is 23.7 Å². The van der Waals surface area contributed by atoms with Crippen LogP contribution in [0.2, 0.25) is 0 Å². The summed E-state index contributed by atoms with van der Waals surface area (Å²) in [7, 11) is -2.14. The van der Waals surface area contributed by atoms with Crippen LogP contribution in [0.5, 0.6) is 5.88 Å². The first kappa shape index (κ1) is 17.7.